The summed E-state index contributed by atoms with van der Waals surface area (Å²) in [6.45, 7) is 10.5. The summed E-state index contributed by atoms with van der Waals surface area (Å²) in [7, 11) is 0. The summed E-state index contributed by atoms with van der Waals surface area (Å²) in [6, 6.07) is 0. The molecule has 0 amide bonds. The maximum atomic E-state index is 3.57. The first-order chi connectivity index (χ1) is 4.46. The molecular weight excluding hydrogens is 154 g/mol. The van der Waals surface area contributed by atoms with E-state index in [9.17, 15) is 0 Å². The van der Waals surface area contributed by atoms with E-state index >= 15 is 0 Å². The van der Waals surface area contributed by atoms with Crippen LogP contribution in [0.4, 0.5) is 0 Å². The van der Waals surface area contributed by atoms with E-state index in [4.69, 9.17) is 0 Å². The fourth-order valence-corrected chi connectivity index (χ4v) is 1.53. The van der Waals surface area contributed by atoms with E-state index in [0.29, 0.717) is 11.0 Å². The lowest BCUT2D eigenvalue weighted by atomic mass is 9.74. The van der Waals surface area contributed by atoms with Crippen molar-refractivity contribution in [3.05, 3.63) is 0 Å². The molecule has 0 unspecified atom stereocenters. The molecule has 11 heavy (non-hydrogen) atoms. The van der Waals surface area contributed by atoms with Gasteiger partial charge in [-0.3, -0.25) is 0 Å². The van der Waals surface area contributed by atoms with E-state index in [1.54, 1.807) is 0 Å². The molecule has 0 aromatic rings. The average Bonchev–Trinajstić information content (AvgIpc) is 2.13. The van der Waals surface area contributed by atoms with Crippen molar-refractivity contribution < 1.29 is 0 Å². The summed E-state index contributed by atoms with van der Waals surface area (Å²) < 4.78 is 0. The van der Waals surface area contributed by atoms with Crippen LogP contribution in [-0.2, 0) is 0 Å². The molecule has 1 saturated heterocycles. The van der Waals surface area contributed by atoms with Gasteiger partial charge in [0.15, 0.2) is 0 Å². The quantitative estimate of drug-likeness (QED) is 0.595. The van der Waals surface area contributed by atoms with Crippen molar-refractivity contribution in [2.24, 2.45) is 5.41 Å². The van der Waals surface area contributed by atoms with Gasteiger partial charge in [0.2, 0.25) is 0 Å². The van der Waals surface area contributed by atoms with Gasteiger partial charge in [-0.25, -0.2) is 0 Å². The standard InChI is InChI=1S/C9H19N.H2S/c1-8(2,3)9(4)6-5-7-10-9;/h10H,5-7H2,1-4H3;1H2/t9-;/m0./s1. The Morgan fingerprint density at radius 2 is 1.82 bits per heavy atom. The molecule has 1 fully saturated rings. The third-order valence-electron chi connectivity index (χ3n) is 3.02. The second-order valence-electron chi connectivity index (χ2n) is 4.61. The summed E-state index contributed by atoms with van der Waals surface area (Å²) in [5.74, 6) is 0. The predicted octanol–water partition coefficient (Wildman–Crippen LogP) is 2.29. The van der Waals surface area contributed by atoms with Gasteiger partial charge < -0.3 is 5.32 Å². The van der Waals surface area contributed by atoms with Crippen molar-refractivity contribution >= 4 is 13.5 Å². The van der Waals surface area contributed by atoms with Crippen LogP contribution < -0.4 is 5.32 Å². The topological polar surface area (TPSA) is 12.0 Å². The van der Waals surface area contributed by atoms with Crippen LogP contribution in [0.25, 0.3) is 0 Å². The number of hydrogen-bond acceptors (Lipinski definition) is 1. The monoisotopic (exact) mass is 175 g/mol. The molecule has 0 aliphatic carbocycles. The lowest BCUT2D eigenvalue weighted by Gasteiger charge is -2.38. The average molecular weight is 175 g/mol. The van der Waals surface area contributed by atoms with Crippen molar-refractivity contribution in [3.63, 3.8) is 0 Å². The molecule has 1 nitrogen and oxygen atoms in total. The maximum Gasteiger partial charge on any atom is 0.0202 e. The molecule has 1 heterocycles. The van der Waals surface area contributed by atoms with Crippen LogP contribution in [0.2, 0.25) is 0 Å². The van der Waals surface area contributed by atoms with Crippen LogP contribution in [-0.4, -0.2) is 12.1 Å². The van der Waals surface area contributed by atoms with E-state index in [1.165, 1.54) is 19.4 Å². The van der Waals surface area contributed by atoms with Crippen LogP contribution in [0.1, 0.15) is 40.5 Å². The first-order valence-electron chi connectivity index (χ1n) is 4.21. The highest BCUT2D eigenvalue weighted by Crippen LogP contribution is 2.36. The Balaban J connectivity index is 0.000001000. The number of rotatable bonds is 0. The van der Waals surface area contributed by atoms with Gasteiger partial charge in [0.1, 0.15) is 0 Å². The largest absolute Gasteiger partial charge is 0.311 e. The van der Waals surface area contributed by atoms with E-state index in [2.05, 4.69) is 33.0 Å². The van der Waals surface area contributed by atoms with Gasteiger partial charge in [0.05, 0.1) is 0 Å². The Kier molecular flexibility index (Phi) is 3.45. The summed E-state index contributed by atoms with van der Waals surface area (Å²) in [5, 5.41) is 3.57. The lowest BCUT2D eigenvalue weighted by Crippen LogP contribution is -2.47. The summed E-state index contributed by atoms with van der Waals surface area (Å²) in [6.07, 6.45) is 2.67. The van der Waals surface area contributed by atoms with Gasteiger partial charge in [-0.1, -0.05) is 20.8 Å². The van der Waals surface area contributed by atoms with E-state index in [-0.39, 0.29) is 13.5 Å². The summed E-state index contributed by atoms with van der Waals surface area (Å²) in [4.78, 5) is 0. The third-order valence-corrected chi connectivity index (χ3v) is 3.02. The van der Waals surface area contributed by atoms with Gasteiger partial charge >= 0.3 is 0 Å². The lowest BCUT2D eigenvalue weighted by molar-refractivity contribution is 0.182. The second kappa shape index (κ2) is 3.36. The van der Waals surface area contributed by atoms with Crippen LogP contribution in [0.15, 0.2) is 0 Å². The van der Waals surface area contributed by atoms with Crippen molar-refractivity contribution in [1.29, 1.82) is 0 Å². The number of hydrogen-bond donors (Lipinski definition) is 1. The zero-order chi connectivity index (χ0) is 7.83. The fourth-order valence-electron chi connectivity index (χ4n) is 1.53. The molecule has 1 aliphatic rings. The Bertz CT molecular complexity index is 120. The molecule has 1 N–H and O–H groups in total. The summed E-state index contributed by atoms with van der Waals surface area (Å²) >= 11 is 0. The molecule has 1 atom stereocenters. The van der Waals surface area contributed by atoms with Crippen LogP contribution in [0.5, 0.6) is 0 Å². The van der Waals surface area contributed by atoms with Gasteiger partial charge in [-0.15, -0.1) is 0 Å². The smallest absolute Gasteiger partial charge is 0.0202 e. The highest BCUT2D eigenvalue weighted by molar-refractivity contribution is 7.59. The van der Waals surface area contributed by atoms with Crippen LogP contribution in [0, 0.1) is 5.41 Å². The molecule has 0 bridgehead atoms. The first-order valence-corrected chi connectivity index (χ1v) is 4.21. The summed E-state index contributed by atoms with van der Waals surface area (Å²) in [5.41, 5.74) is 0.788. The fraction of sp³-hybridized carbons (Fsp3) is 1.00. The van der Waals surface area contributed by atoms with Crippen molar-refractivity contribution in [2.45, 2.75) is 46.1 Å². The molecule has 68 valence electrons. The van der Waals surface area contributed by atoms with Crippen molar-refractivity contribution in [2.75, 3.05) is 6.54 Å². The van der Waals surface area contributed by atoms with Gasteiger partial charge in [-0.2, -0.15) is 13.5 Å². The first kappa shape index (κ1) is 11.3. The Hall–Kier alpha value is 0.310. The minimum atomic E-state index is 0. The normalized spacial score (nSPS) is 31.6. The molecule has 0 radical (unpaired) electrons. The van der Waals surface area contributed by atoms with E-state index < -0.39 is 0 Å². The van der Waals surface area contributed by atoms with Gasteiger partial charge in [0.25, 0.3) is 0 Å². The number of nitrogens with one attached hydrogen (secondary N) is 1. The van der Waals surface area contributed by atoms with Crippen molar-refractivity contribution in [3.8, 4) is 0 Å². The van der Waals surface area contributed by atoms with E-state index in [1.807, 2.05) is 0 Å². The highest BCUT2D eigenvalue weighted by atomic mass is 32.1. The molecular formula is C9H21NS. The molecule has 2 heteroatoms. The van der Waals surface area contributed by atoms with E-state index in [0.717, 1.165) is 0 Å². The zero-order valence-corrected chi connectivity index (χ0v) is 9.12. The molecule has 0 saturated carbocycles. The SMILES string of the molecule is CC(C)(C)[C@]1(C)CCCN1.S. The minimum Gasteiger partial charge on any atom is -0.311 e. The molecule has 0 spiro atoms. The second-order valence-corrected chi connectivity index (χ2v) is 4.61. The highest BCUT2D eigenvalue weighted by Gasteiger charge is 2.38. The molecule has 0 aromatic heterocycles. The maximum absolute atomic E-state index is 3.57. The Morgan fingerprint density at radius 3 is 2.00 bits per heavy atom. The molecule has 0 aromatic carbocycles. The minimum absolute atomic E-state index is 0. The van der Waals surface area contributed by atoms with Gasteiger partial charge in [0, 0.05) is 5.54 Å². The molecule has 1 aliphatic heterocycles. The van der Waals surface area contributed by atoms with Crippen molar-refractivity contribution in [1.82, 2.24) is 5.32 Å². The predicted molar refractivity (Wildman–Crippen MR) is 55.5 cm³/mol. The van der Waals surface area contributed by atoms with Crippen LogP contribution >= 0.6 is 13.5 Å². The molecule has 1 rings (SSSR count). The Labute approximate surface area is 77.4 Å². The van der Waals surface area contributed by atoms with Gasteiger partial charge in [-0.05, 0) is 31.7 Å². The Morgan fingerprint density at radius 1 is 1.27 bits per heavy atom. The third kappa shape index (κ3) is 2.12. The van der Waals surface area contributed by atoms with Crippen LogP contribution in [0.3, 0.4) is 0 Å². The zero-order valence-electron chi connectivity index (χ0n) is 8.12.